The van der Waals surface area contributed by atoms with Gasteiger partial charge in [0.1, 0.15) is 5.82 Å². The molecule has 2 aliphatic heterocycles. The number of carbonyl (C=O) groups is 1. The molecule has 1 unspecified atom stereocenters. The number of anilines is 2. The van der Waals surface area contributed by atoms with E-state index in [0.29, 0.717) is 6.54 Å². The molecule has 7 rings (SSSR count). The van der Waals surface area contributed by atoms with Crippen LogP contribution < -0.4 is 10.2 Å². The average Bonchev–Trinajstić information content (AvgIpc) is 3.36. The number of hydrogen-bond donors (Lipinski definition) is 1. The van der Waals surface area contributed by atoms with Crippen molar-refractivity contribution in [3.63, 3.8) is 0 Å². The zero-order chi connectivity index (χ0) is 22.9. The molecule has 5 nitrogen and oxygen atoms in total. The third kappa shape index (κ3) is 2.54. The van der Waals surface area contributed by atoms with Crippen molar-refractivity contribution in [2.45, 2.75) is 12.2 Å². The third-order valence-electron chi connectivity index (χ3n) is 6.76. The van der Waals surface area contributed by atoms with Crippen LogP contribution in [0.2, 0.25) is 0 Å². The number of halogens is 1. The monoisotopic (exact) mass is 506 g/mol. The van der Waals surface area contributed by atoms with E-state index in [9.17, 15) is 4.79 Å². The lowest BCUT2D eigenvalue weighted by Crippen LogP contribution is -2.53. The van der Waals surface area contributed by atoms with Crippen molar-refractivity contribution in [2.24, 2.45) is 0 Å². The minimum atomic E-state index is -1.15. The second-order valence-electron chi connectivity index (χ2n) is 8.68. The van der Waals surface area contributed by atoms with Crippen molar-refractivity contribution in [1.82, 2.24) is 9.55 Å². The van der Waals surface area contributed by atoms with Gasteiger partial charge in [0, 0.05) is 21.3 Å². The van der Waals surface area contributed by atoms with E-state index < -0.39 is 5.66 Å². The van der Waals surface area contributed by atoms with E-state index in [4.69, 9.17) is 4.98 Å². The molecule has 6 heteroatoms. The normalized spacial score (nSPS) is 18.0. The maximum absolute atomic E-state index is 14.6. The van der Waals surface area contributed by atoms with Gasteiger partial charge in [-0.2, -0.15) is 0 Å². The van der Waals surface area contributed by atoms with Gasteiger partial charge in [0.05, 0.1) is 23.3 Å². The molecule has 0 saturated heterocycles. The number of nitrogens with zero attached hydrogens (tertiary/aromatic N) is 3. The molecular weight excluding hydrogens is 488 g/mol. The highest BCUT2D eigenvalue weighted by molar-refractivity contribution is 9.10. The molecule has 1 atom stereocenters. The van der Waals surface area contributed by atoms with Crippen molar-refractivity contribution >= 4 is 44.2 Å². The number of amides is 1. The van der Waals surface area contributed by atoms with Crippen LogP contribution in [0, 0.1) is 0 Å². The van der Waals surface area contributed by atoms with Crippen LogP contribution in [0.5, 0.6) is 0 Å². The fraction of sp³-hybridized carbons (Fsp3) is 0.0714. The number of fused-ring (bicyclic) bond motifs is 8. The Morgan fingerprint density at radius 2 is 1.65 bits per heavy atom. The summed E-state index contributed by atoms with van der Waals surface area (Å²) < 4.78 is 3.01. The molecule has 34 heavy (non-hydrogen) atoms. The first-order valence-corrected chi connectivity index (χ1v) is 12.0. The molecule has 0 saturated carbocycles. The molecule has 0 bridgehead atoms. The van der Waals surface area contributed by atoms with E-state index in [-0.39, 0.29) is 5.91 Å². The molecule has 0 radical (unpaired) electrons. The second kappa shape index (κ2) is 7.05. The van der Waals surface area contributed by atoms with Crippen LogP contribution in [-0.2, 0) is 17.0 Å². The molecule has 4 aromatic carbocycles. The van der Waals surface area contributed by atoms with Crippen molar-refractivity contribution < 1.29 is 4.79 Å². The number of carbonyl (C=O) groups excluding carboxylic acids is 1. The summed E-state index contributed by atoms with van der Waals surface area (Å²) in [5.41, 5.74) is 5.39. The van der Waals surface area contributed by atoms with E-state index in [1.54, 1.807) is 0 Å². The van der Waals surface area contributed by atoms with Crippen LogP contribution in [-0.4, -0.2) is 15.5 Å². The van der Waals surface area contributed by atoms with Crippen molar-refractivity contribution in [3.05, 3.63) is 113 Å². The number of aromatic nitrogens is 2. The lowest BCUT2D eigenvalue weighted by atomic mass is 9.95. The fourth-order valence-electron chi connectivity index (χ4n) is 5.30. The molecule has 1 amide bonds. The van der Waals surface area contributed by atoms with Gasteiger partial charge in [-0.1, -0.05) is 70.5 Å². The summed E-state index contributed by atoms with van der Waals surface area (Å²) >= 11 is 3.65. The van der Waals surface area contributed by atoms with Crippen LogP contribution in [0.4, 0.5) is 11.4 Å². The summed E-state index contributed by atoms with van der Waals surface area (Å²) in [7, 11) is 0. The first kappa shape index (κ1) is 19.6. The van der Waals surface area contributed by atoms with Gasteiger partial charge in [-0.05, 0) is 48.0 Å². The van der Waals surface area contributed by atoms with E-state index in [2.05, 4.69) is 50.1 Å². The Kier molecular flexibility index (Phi) is 4.05. The number of rotatable bonds is 2. The molecular formula is C28H19BrN4O. The van der Waals surface area contributed by atoms with Gasteiger partial charge < -0.3 is 10.2 Å². The SMILES string of the molecule is O=C1N(Cc2ccccc2)c2ccc(Br)cc2C12Nc1ccccc1-c1nc3ccccc3n12. The second-order valence-corrected chi connectivity index (χ2v) is 9.59. The largest absolute Gasteiger partial charge is 0.350 e. The predicted octanol–water partition coefficient (Wildman–Crippen LogP) is 6.14. The van der Waals surface area contributed by atoms with Crippen molar-refractivity contribution in [1.29, 1.82) is 0 Å². The fourth-order valence-corrected chi connectivity index (χ4v) is 5.66. The molecule has 5 aromatic rings. The molecule has 1 spiro atoms. The zero-order valence-corrected chi connectivity index (χ0v) is 19.7. The van der Waals surface area contributed by atoms with Gasteiger partial charge in [-0.15, -0.1) is 0 Å². The zero-order valence-electron chi connectivity index (χ0n) is 18.1. The summed E-state index contributed by atoms with van der Waals surface area (Å²) in [4.78, 5) is 21.4. The summed E-state index contributed by atoms with van der Waals surface area (Å²) in [5.74, 6) is 0.764. The molecule has 2 aliphatic rings. The molecule has 3 heterocycles. The van der Waals surface area contributed by atoms with Gasteiger partial charge in [0.15, 0.2) is 0 Å². The van der Waals surface area contributed by atoms with Gasteiger partial charge in [-0.3, -0.25) is 9.36 Å². The molecule has 0 fully saturated rings. The molecule has 1 aromatic heterocycles. The van der Waals surface area contributed by atoms with Gasteiger partial charge >= 0.3 is 0 Å². The maximum atomic E-state index is 14.6. The lowest BCUT2D eigenvalue weighted by molar-refractivity contribution is -0.123. The number of imidazole rings is 1. The maximum Gasteiger partial charge on any atom is 0.279 e. The average molecular weight is 507 g/mol. The van der Waals surface area contributed by atoms with Crippen molar-refractivity contribution in [2.75, 3.05) is 10.2 Å². The van der Waals surface area contributed by atoms with Crippen LogP contribution in [0.1, 0.15) is 11.1 Å². The van der Waals surface area contributed by atoms with Crippen LogP contribution in [0.25, 0.3) is 22.4 Å². The highest BCUT2D eigenvalue weighted by Gasteiger charge is 2.56. The smallest absolute Gasteiger partial charge is 0.279 e. The first-order chi connectivity index (χ1) is 16.7. The lowest BCUT2D eigenvalue weighted by Gasteiger charge is -2.38. The highest BCUT2D eigenvalue weighted by atomic mass is 79.9. The summed E-state index contributed by atoms with van der Waals surface area (Å²) in [5, 5.41) is 3.67. The van der Waals surface area contributed by atoms with Crippen LogP contribution in [0.3, 0.4) is 0 Å². The van der Waals surface area contributed by atoms with E-state index in [1.165, 1.54) is 0 Å². The molecule has 0 aliphatic carbocycles. The van der Waals surface area contributed by atoms with E-state index >= 15 is 0 Å². The molecule has 164 valence electrons. The topological polar surface area (TPSA) is 50.2 Å². The van der Waals surface area contributed by atoms with Gasteiger partial charge in [-0.25, -0.2) is 4.98 Å². The van der Waals surface area contributed by atoms with Gasteiger partial charge in [0.25, 0.3) is 5.91 Å². The van der Waals surface area contributed by atoms with E-state index in [0.717, 1.165) is 49.4 Å². The summed E-state index contributed by atoms with van der Waals surface area (Å²) in [6.07, 6.45) is 0. The first-order valence-electron chi connectivity index (χ1n) is 11.2. The number of para-hydroxylation sites is 3. The Bertz CT molecular complexity index is 1610. The van der Waals surface area contributed by atoms with Crippen LogP contribution in [0.15, 0.2) is 102 Å². The Labute approximate surface area is 204 Å². The number of hydrogen-bond acceptors (Lipinski definition) is 3. The summed E-state index contributed by atoms with van der Waals surface area (Å²) in [6.45, 7) is 0.487. The Morgan fingerprint density at radius 3 is 2.53 bits per heavy atom. The highest BCUT2D eigenvalue weighted by Crippen LogP contribution is 2.51. The third-order valence-corrected chi connectivity index (χ3v) is 7.25. The van der Waals surface area contributed by atoms with E-state index in [1.807, 2.05) is 77.7 Å². The minimum absolute atomic E-state index is 0.0247. The van der Waals surface area contributed by atoms with Crippen molar-refractivity contribution in [3.8, 4) is 11.4 Å². The number of nitrogens with one attached hydrogen (secondary N) is 1. The standard InChI is InChI=1S/C28H19BrN4O/c29-19-14-15-24-21(16-19)28(27(34)32(24)17-18-8-2-1-3-9-18)31-22-11-5-4-10-20(22)26-30-23-12-6-7-13-25(23)33(26)28/h1-16,31H,17H2. The predicted molar refractivity (Wildman–Crippen MR) is 138 cm³/mol. The quantitative estimate of drug-likeness (QED) is 0.312. The molecule has 1 N–H and O–H groups in total. The summed E-state index contributed by atoms with van der Waals surface area (Å²) in [6, 6.07) is 32.3. The van der Waals surface area contributed by atoms with Gasteiger partial charge in [0.2, 0.25) is 5.66 Å². The number of benzene rings is 4. The minimum Gasteiger partial charge on any atom is -0.350 e. The Hall–Kier alpha value is -3.90. The Morgan fingerprint density at radius 1 is 0.882 bits per heavy atom. The Balaban J connectivity index is 1.55. The van der Waals surface area contributed by atoms with Crippen LogP contribution >= 0.6 is 15.9 Å².